The molecule has 1 amide bonds. The third-order valence-electron chi connectivity index (χ3n) is 3.83. The second-order valence-corrected chi connectivity index (χ2v) is 5.14. The second-order valence-electron chi connectivity index (χ2n) is 5.14. The number of likely N-dealkylation sites (tertiary alicyclic amines) is 1. The molecule has 1 heterocycles. The van der Waals surface area contributed by atoms with E-state index >= 15 is 0 Å². The molecule has 1 aliphatic heterocycles. The topological polar surface area (TPSA) is 46.3 Å². The molecule has 0 saturated carbocycles. The molecule has 98 valence electrons. The molecule has 3 nitrogen and oxygen atoms in total. The first-order valence-corrected chi connectivity index (χ1v) is 6.72. The van der Waals surface area contributed by atoms with E-state index in [2.05, 4.69) is 0 Å². The molecule has 2 N–H and O–H groups in total. The molecule has 1 atom stereocenters. The van der Waals surface area contributed by atoms with Crippen LogP contribution in [0.15, 0.2) is 18.2 Å². The molecule has 1 aromatic rings. The SMILES string of the molecule is Cc1cccc(C)c1C(=O)N1CCCC1CCN. The smallest absolute Gasteiger partial charge is 0.254 e. The Balaban J connectivity index is 2.25. The Morgan fingerprint density at radius 1 is 1.39 bits per heavy atom. The molecule has 3 heteroatoms. The zero-order valence-electron chi connectivity index (χ0n) is 11.3. The van der Waals surface area contributed by atoms with Gasteiger partial charge < -0.3 is 10.6 Å². The van der Waals surface area contributed by atoms with E-state index in [4.69, 9.17) is 5.73 Å². The standard InChI is InChI=1S/C15H22N2O/c1-11-5-3-6-12(2)14(11)15(18)17-10-4-7-13(17)8-9-16/h3,5-6,13H,4,7-10,16H2,1-2H3. The Labute approximate surface area is 109 Å². The Bertz CT molecular complexity index is 422. The zero-order valence-corrected chi connectivity index (χ0v) is 11.3. The number of nitrogens with two attached hydrogens (primary N) is 1. The first kappa shape index (κ1) is 13.1. The fraction of sp³-hybridized carbons (Fsp3) is 0.533. The molecule has 1 saturated heterocycles. The minimum Gasteiger partial charge on any atom is -0.336 e. The molecule has 0 bridgehead atoms. The average Bonchev–Trinajstić information content (AvgIpc) is 2.77. The summed E-state index contributed by atoms with van der Waals surface area (Å²) in [7, 11) is 0. The van der Waals surface area contributed by atoms with Crippen LogP contribution in [0.5, 0.6) is 0 Å². The van der Waals surface area contributed by atoms with Gasteiger partial charge in [0.2, 0.25) is 0 Å². The summed E-state index contributed by atoms with van der Waals surface area (Å²) in [4.78, 5) is 14.7. The lowest BCUT2D eigenvalue weighted by Crippen LogP contribution is -2.37. The Hall–Kier alpha value is -1.35. The van der Waals surface area contributed by atoms with Gasteiger partial charge in [0, 0.05) is 18.2 Å². The third-order valence-corrected chi connectivity index (χ3v) is 3.83. The maximum atomic E-state index is 12.7. The lowest BCUT2D eigenvalue weighted by atomic mass is 10.0. The summed E-state index contributed by atoms with van der Waals surface area (Å²) < 4.78 is 0. The predicted octanol–water partition coefficient (Wildman–Crippen LogP) is 2.26. The molecule has 18 heavy (non-hydrogen) atoms. The van der Waals surface area contributed by atoms with Gasteiger partial charge in [0.25, 0.3) is 5.91 Å². The van der Waals surface area contributed by atoms with Crippen LogP contribution in [0.25, 0.3) is 0 Å². The van der Waals surface area contributed by atoms with Crippen molar-refractivity contribution in [2.24, 2.45) is 5.73 Å². The van der Waals surface area contributed by atoms with E-state index in [1.54, 1.807) is 0 Å². The van der Waals surface area contributed by atoms with Crippen molar-refractivity contribution in [1.29, 1.82) is 0 Å². The first-order chi connectivity index (χ1) is 8.65. The number of hydrogen-bond acceptors (Lipinski definition) is 2. The van der Waals surface area contributed by atoms with E-state index in [0.717, 1.165) is 42.5 Å². The maximum absolute atomic E-state index is 12.7. The van der Waals surface area contributed by atoms with Crippen molar-refractivity contribution in [2.45, 2.75) is 39.2 Å². The fourth-order valence-electron chi connectivity index (χ4n) is 2.89. The van der Waals surface area contributed by atoms with E-state index in [1.807, 2.05) is 36.9 Å². The number of nitrogens with zero attached hydrogens (tertiary/aromatic N) is 1. The fourth-order valence-corrected chi connectivity index (χ4v) is 2.89. The van der Waals surface area contributed by atoms with Crippen molar-refractivity contribution in [2.75, 3.05) is 13.1 Å². The van der Waals surface area contributed by atoms with Crippen molar-refractivity contribution in [3.05, 3.63) is 34.9 Å². The van der Waals surface area contributed by atoms with Gasteiger partial charge >= 0.3 is 0 Å². The minimum atomic E-state index is 0.182. The second kappa shape index (κ2) is 5.53. The molecule has 2 rings (SSSR count). The summed E-state index contributed by atoms with van der Waals surface area (Å²) in [6.07, 6.45) is 3.10. The number of aryl methyl sites for hydroxylation is 2. The number of rotatable bonds is 3. The highest BCUT2D eigenvalue weighted by Gasteiger charge is 2.29. The van der Waals surface area contributed by atoms with Gasteiger partial charge in [-0.2, -0.15) is 0 Å². The van der Waals surface area contributed by atoms with Crippen LogP contribution in [-0.4, -0.2) is 29.9 Å². The zero-order chi connectivity index (χ0) is 13.1. The van der Waals surface area contributed by atoms with E-state index in [0.29, 0.717) is 12.6 Å². The molecule has 0 radical (unpaired) electrons. The van der Waals surface area contributed by atoms with Crippen LogP contribution in [-0.2, 0) is 0 Å². The first-order valence-electron chi connectivity index (χ1n) is 6.72. The summed E-state index contributed by atoms with van der Waals surface area (Å²) in [5.41, 5.74) is 8.64. The van der Waals surface area contributed by atoms with Crippen molar-refractivity contribution in [3.63, 3.8) is 0 Å². The predicted molar refractivity (Wildman–Crippen MR) is 73.6 cm³/mol. The molecular formula is C15H22N2O. The van der Waals surface area contributed by atoms with Crippen LogP contribution < -0.4 is 5.73 Å². The maximum Gasteiger partial charge on any atom is 0.254 e. The Morgan fingerprint density at radius 3 is 2.67 bits per heavy atom. The molecular weight excluding hydrogens is 224 g/mol. The molecule has 1 aromatic carbocycles. The highest BCUT2D eigenvalue weighted by atomic mass is 16.2. The van der Waals surface area contributed by atoms with Crippen molar-refractivity contribution < 1.29 is 4.79 Å². The average molecular weight is 246 g/mol. The summed E-state index contributed by atoms with van der Waals surface area (Å²) in [5, 5.41) is 0. The lowest BCUT2D eigenvalue weighted by molar-refractivity contribution is 0.0731. The molecule has 0 aliphatic carbocycles. The highest BCUT2D eigenvalue weighted by Crippen LogP contribution is 2.24. The summed E-state index contributed by atoms with van der Waals surface area (Å²) in [5.74, 6) is 0.182. The van der Waals surface area contributed by atoms with Crippen molar-refractivity contribution in [1.82, 2.24) is 4.90 Å². The van der Waals surface area contributed by atoms with Crippen LogP contribution in [0.4, 0.5) is 0 Å². The van der Waals surface area contributed by atoms with Crippen LogP contribution in [0, 0.1) is 13.8 Å². The number of carbonyl (C=O) groups is 1. The van der Waals surface area contributed by atoms with Crippen LogP contribution >= 0.6 is 0 Å². The van der Waals surface area contributed by atoms with Gasteiger partial charge in [0.05, 0.1) is 0 Å². The van der Waals surface area contributed by atoms with Crippen LogP contribution in [0.2, 0.25) is 0 Å². The van der Waals surface area contributed by atoms with E-state index in [1.165, 1.54) is 0 Å². The Kier molecular flexibility index (Phi) is 4.02. The number of amides is 1. The van der Waals surface area contributed by atoms with E-state index in [9.17, 15) is 4.79 Å². The number of benzene rings is 1. The highest BCUT2D eigenvalue weighted by molar-refractivity contribution is 5.97. The van der Waals surface area contributed by atoms with Gasteiger partial charge in [-0.25, -0.2) is 0 Å². The largest absolute Gasteiger partial charge is 0.336 e. The molecule has 1 unspecified atom stereocenters. The van der Waals surface area contributed by atoms with Gasteiger partial charge in [-0.1, -0.05) is 18.2 Å². The summed E-state index contributed by atoms with van der Waals surface area (Å²) in [6.45, 7) is 5.54. The summed E-state index contributed by atoms with van der Waals surface area (Å²) >= 11 is 0. The van der Waals surface area contributed by atoms with Crippen LogP contribution in [0.1, 0.15) is 40.7 Å². The van der Waals surface area contributed by atoms with Crippen molar-refractivity contribution >= 4 is 5.91 Å². The molecule has 1 fully saturated rings. The van der Waals surface area contributed by atoms with Gasteiger partial charge in [0.15, 0.2) is 0 Å². The molecule has 0 spiro atoms. The van der Waals surface area contributed by atoms with E-state index in [-0.39, 0.29) is 5.91 Å². The lowest BCUT2D eigenvalue weighted by Gasteiger charge is -2.25. The third kappa shape index (κ3) is 2.41. The quantitative estimate of drug-likeness (QED) is 0.889. The monoisotopic (exact) mass is 246 g/mol. The minimum absolute atomic E-state index is 0.182. The van der Waals surface area contributed by atoms with Crippen LogP contribution in [0.3, 0.4) is 0 Å². The number of hydrogen-bond donors (Lipinski definition) is 1. The summed E-state index contributed by atoms with van der Waals surface area (Å²) in [6, 6.07) is 6.35. The van der Waals surface area contributed by atoms with Gasteiger partial charge in [-0.15, -0.1) is 0 Å². The van der Waals surface area contributed by atoms with Gasteiger partial charge in [-0.3, -0.25) is 4.79 Å². The number of carbonyl (C=O) groups excluding carboxylic acids is 1. The van der Waals surface area contributed by atoms with Gasteiger partial charge in [-0.05, 0) is 50.8 Å². The Morgan fingerprint density at radius 2 is 2.06 bits per heavy atom. The normalized spacial score (nSPS) is 19.3. The van der Waals surface area contributed by atoms with E-state index < -0.39 is 0 Å². The molecule has 0 aromatic heterocycles. The van der Waals surface area contributed by atoms with Gasteiger partial charge in [0.1, 0.15) is 0 Å². The van der Waals surface area contributed by atoms with Crippen molar-refractivity contribution in [3.8, 4) is 0 Å². The molecule has 1 aliphatic rings.